The SMILES string of the molecule is CCCN(CCc1ccccc1)C(CC)CCc1ccc(C2CCC2Cl)cc1. The average Bonchev–Trinajstić information content (AvgIpc) is 2.73. The van der Waals surface area contributed by atoms with E-state index >= 15 is 0 Å². The van der Waals surface area contributed by atoms with Crippen molar-refractivity contribution in [2.75, 3.05) is 13.1 Å². The minimum Gasteiger partial charge on any atom is -0.300 e. The molecule has 3 atom stereocenters. The van der Waals surface area contributed by atoms with E-state index in [1.165, 1.54) is 61.8 Å². The lowest BCUT2D eigenvalue weighted by molar-refractivity contribution is 0.183. The second-order valence-corrected chi connectivity index (χ2v) is 8.87. The molecule has 0 saturated heterocycles. The van der Waals surface area contributed by atoms with Gasteiger partial charge in [-0.1, -0.05) is 68.4 Å². The lowest BCUT2D eigenvalue weighted by Crippen LogP contribution is -2.37. The number of nitrogens with zero attached hydrogens (tertiary/aromatic N) is 1. The highest BCUT2D eigenvalue weighted by Gasteiger charge is 2.29. The van der Waals surface area contributed by atoms with E-state index in [0.29, 0.717) is 17.3 Å². The summed E-state index contributed by atoms with van der Waals surface area (Å²) in [4.78, 5) is 2.72. The van der Waals surface area contributed by atoms with Gasteiger partial charge in [0.2, 0.25) is 0 Å². The Balaban J connectivity index is 1.53. The van der Waals surface area contributed by atoms with E-state index in [4.69, 9.17) is 11.6 Å². The first-order valence-corrected chi connectivity index (χ1v) is 11.7. The molecule has 1 nitrogen and oxygen atoms in total. The lowest BCUT2D eigenvalue weighted by Gasteiger charge is -2.32. The summed E-state index contributed by atoms with van der Waals surface area (Å²) < 4.78 is 0. The van der Waals surface area contributed by atoms with Crippen LogP contribution < -0.4 is 0 Å². The average molecular weight is 398 g/mol. The Hall–Kier alpha value is -1.31. The number of hydrogen-bond acceptors (Lipinski definition) is 1. The van der Waals surface area contributed by atoms with Gasteiger partial charge in [0.05, 0.1) is 0 Å². The number of rotatable bonds is 11. The quantitative estimate of drug-likeness (QED) is 0.375. The summed E-state index contributed by atoms with van der Waals surface area (Å²) in [5.41, 5.74) is 4.34. The van der Waals surface area contributed by atoms with Gasteiger partial charge in [-0.2, -0.15) is 0 Å². The Bertz CT molecular complexity index is 681. The van der Waals surface area contributed by atoms with Gasteiger partial charge in [0.15, 0.2) is 0 Å². The van der Waals surface area contributed by atoms with E-state index in [0.717, 1.165) is 13.0 Å². The Labute approximate surface area is 177 Å². The van der Waals surface area contributed by atoms with Gasteiger partial charge in [-0.05, 0) is 68.2 Å². The maximum absolute atomic E-state index is 6.34. The molecule has 0 spiro atoms. The molecule has 0 aromatic heterocycles. The lowest BCUT2D eigenvalue weighted by atomic mass is 9.79. The first kappa shape index (κ1) is 21.4. The number of alkyl halides is 1. The summed E-state index contributed by atoms with van der Waals surface area (Å²) in [6.07, 6.45) is 8.42. The second-order valence-electron chi connectivity index (χ2n) is 8.31. The molecule has 1 saturated carbocycles. The molecule has 1 fully saturated rings. The molecule has 28 heavy (non-hydrogen) atoms. The summed E-state index contributed by atoms with van der Waals surface area (Å²) in [6.45, 7) is 7.00. The highest BCUT2D eigenvalue weighted by molar-refractivity contribution is 6.21. The van der Waals surface area contributed by atoms with E-state index in [2.05, 4.69) is 73.3 Å². The Morgan fingerprint density at radius 2 is 1.61 bits per heavy atom. The molecule has 2 heteroatoms. The maximum Gasteiger partial charge on any atom is 0.0404 e. The molecule has 0 aliphatic heterocycles. The van der Waals surface area contributed by atoms with Gasteiger partial charge in [-0.15, -0.1) is 11.6 Å². The number of hydrogen-bond donors (Lipinski definition) is 0. The van der Waals surface area contributed by atoms with Crippen LogP contribution in [0, 0.1) is 0 Å². The highest BCUT2D eigenvalue weighted by atomic mass is 35.5. The Morgan fingerprint density at radius 3 is 2.18 bits per heavy atom. The van der Waals surface area contributed by atoms with Gasteiger partial charge in [-0.3, -0.25) is 0 Å². The molecule has 1 aliphatic rings. The fraction of sp³-hybridized carbons (Fsp3) is 0.538. The fourth-order valence-electron chi connectivity index (χ4n) is 4.43. The van der Waals surface area contributed by atoms with Gasteiger partial charge < -0.3 is 4.90 Å². The van der Waals surface area contributed by atoms with E-state index in [-0.39, 0.29) is 0 Å². The Kier molecular flexibility index (Phi) is 8.43. The van der Waals surface area contributed by atoms with Crippen LogP contribution in [-0.4, -0.2) is 29.4 Å². The van der Waals surface area contributed by atoms with Crippen LogP contribution in [0.4, 0.5) is 0 Å². The van der Waals surface area contributed by atoms with Crippen molar-refractivity contribution in [1.29, 1.82) is 0 Å². The van der Waals surface area contributed by atoms with E-state index in [9.17, 15) is 0 Å². The predicted molar refractivity (Wildman–Crippen MR) is 122 cm³/mol. The largest absolute Gasteiger partial charge is 0.300 e. The molecule has 0 N–H and O–H groups in total. The van der Waals surface area contributed by atoms with Crippen molar-refractivity contribution in [3.05, 3.63) is 71.3 Å². The summed E-state index contributed by atoms with van der Waals surface area (Å²) in [5, 5.41) is 0.350. The summed E-state index contributed by atoms with van der Waals surface area (Å²) in [7, 11) is 0. The first-order chi connectivity index (χ1) is 13.7. The molecule has 2 aromatic rings. The van der Waals surface area contributed by atoms with Crippen molar-refractivity contribution in [3.63, 3.8) is 0 Å². The zero-order valence-corrected chi connectivity index (χ0v) is 18.4. The minimum absolute atomic E-state index is 0.350. The first-order valence-electron chi connectivity index (χ1n) is 11.2. The van der Waals surface area contributed by atoms with Crippen molar-refractivity contribution in [1.82, 2.24) is 4.90 Å². The van der Waals surface area contributed by atoms with E-state index in [1.54, 1.807) is 0 Å². The van der Waals surface area contributed by atoms with Gasteiger partial charge >= 0.3 is 0 Å². The Morgan fingerprint density at radius 1 is 0.893 bits per heavy atom. The van der Waals surface area contributed by atoms with Crippen LogP contribution in [0.3, 0.4) is 0 Å². The molecular formula is C26H36ClN. The van der Waals surface area contributed by atoms with Crippen molar-refractivity contribution >= 4 is 11.6 Å². The summed E-state index contributed by atoms with van der Waals surface area (Å²) in [6, 6.07) is 20.9. The van der Waals surface area contributed by atoms with Crippen LogP contribution in [-0.2, 0) is 12.8 Å². The molecule has 2 aromatic carbocycles. The molecule has 0 heterocycles. The molecule has 1 aliphatic carbocycles. The zero-order chi connectivity index (χ0) is 19.8. The van der Waals surface area contributed by atoms with Crippen LogP contribution in [0.5, 0.6) is 0 Å². The van der Waals surface area contributed by atoms with Gasteiger partial charge in [-0.25, -0.2) is 0 Å². The van der Waals surface area contributed by atoms with Crippen molar-refractivity contribution in [2.24, 2.45) is 0 Å². The third-order valence-electron chi connectivity index (χ3n) is 6.39. The maximum atomic E-state index is 6.34. The van der Waals surface area contributed by atoms with E-state index < -0.39 is 0 Å². The monoisotopic (exact) mass is 397 g/mol. The molecule has 0 bridgehead atoms. The highest BCUT2D eigenvalue weighted by Crippen LogP contribution is 2.40. The minimum atomic E-state index is 0.350. The van der Waals surface area contributed by atoms with Crippen molar-refractivity contribution in [3.8, 4) is 0 Å². The second kappa shape index (κ2) is 11.0. The number of benzene rings is 2. The topological polar surface area (TPSA) is 3.24 Å². The van der Waals surface area contributed by atoms with Crippen LogP contribution >= 0.6 is 11.6 Å². The van der Waals surface area contributed by atoms with Crippen LogP contribution in [0.25, 0.3) is 0 Å². The molecule has 152 valence electrons. The van der Waals surface area contributed by atoms with Gasteiger partial charge in [0.25, 0.3) is 0 Å². The predicted octanol–water partition coefficient (Wildman–Crippen LogP) is 6.84. The molecule has 0 radical (unpaired) electrons. The normalized spacial score (nSPS) is 20.1. The third kappa shape index (κ3) is 5.84. The van der Waals surface area contributed by atoms with Crippen LogP contribution in [0.2, 0.25) is 0 Å². The van der Waals surface area contributed by atoms with Crippen LogP contribution in [0.1, 0.15) is 68.6 Å². The summed E-state index contributed by atoms with van der Waals surface area (Å²) >= 11 is 6.34. The molecule has 0 amide bonds. The third-order valence-corrected chi connectivity index (χ3v) is 6.92. The standard InChI is InChI=1S/C26H36ClN/c1-3-19-28(20-18-21-8-6-5-7-9-21)24(4-2)15-12-22-10-13-23(14-11-22)25-16-17-26(25)27/h5-11,13-14,24-26H,3-4,12,15-20H2,1-2H3. The van der Waals surface area contributed by atoms with Gasteiger partial charge in [0, 0.05) is 23.9 Å². The molecule has 3 unspecified atom stereocenters. The molecule has 3 rings (SSSR count). The van der Waals surface area contributed by atoms with Crippen molar-refractivity contribution in [2.45, 2.75) is 76.1 Å². The smallest absolute Gasteiger partial charge is 0.0404 e. The number of halogens is 1. The summed E-state index contributed by atoms with van der Waals surface area (Å²) in [5.74, 6) is 0.581. The zero-order valence-electron chi connectivity index (χ0n) is 17.6. The number of aryl methyl sites for hydroxylation is 1. The van der Waals surface area contributed by atoms with Crippen LogP contribution in [0.15, 0.2) is 54.6 Å². The molecular weight excluding hydrogens is 362 g/mol. The van der Waals surface area contributed by atoms with E-state index in [1.807, 2.05) is 0 Å². The fourth-order valence-corrected chi connectivity index (χ4v) is 4.82. The van der Waals surface area contributed by atoms with Crippen molar-refractivity contribution < 1.29 is 0 Å². The van der Waals surface area contributed by atoms with Gasteiger partial charge in [0.1, 0.15) is 0 Å².